The second kappa shape index (κ2) is 6.11. The van der Waals surface area contributed by atoms with Crippen molar-refractivity contribution in [2.45, 2.75) is 13.3 Å². The molecule has 0 unspecified atom stereocenters. The molecule has 0 aliphatic rings. The molecular weight excluding hydrogens is 313 g/mol. The van der Waals surface area contributed by atoms with Crippen LogP contribution in [-0.2, 0) is 6.42 Å². The molecule has 0 saturated carbocycles. The number of halogens is 1. The Balaban J connectivity index is 1.93. The zero-order valence-corrected chi connectivity index (χ0v) is 12.8. The first-order chi connectivity index (χ1) is 11.4. The molecule has 0 saturated heterocycles. The lowest BCUT2D eigenvalue weighted by Crippen LogP contribution is -2.04. The summed E-state index contributed by atoms with van der Waals surface area (Å²) in [4.78, 5) is 15.1. The fraction of sp³-hybridized carbons (Fsp3) is 0.118. The van der Waals surface area contributed by atoms with E-state index >= 15 is 0 Å². The average Bonchev–Trinajstić information content (AvgIpc) is 2.91. The first-order valence-corrected chi connectivity index (χ1v) is 7.16. The van der Waals surface area contributed by atoms with Crippen molar-refractivity contribution in [1.82, 2.24) is 14.8 Å². The Morgan fingerprint density at radius 2 is 2.04 bits per heavy atom. The van der Waals surface area contributed by atoms with Crippen LogP contribution in [0.2, 0.25) is 0 Å². The number of aryl methyl sites for hydroxylation is 1. The Morgan fingerprint density at radius 1 is 1.25 bits per heavy atom. The monoisotopic (exact) mass is 327 g/mol. The molecule has 122 valence electrons. The summed E-state index contributed by atoms with van der Waals surface area (Å²) in [7, 11) is 0. The van der Waals surface area contributed by atoms with Crippen molar-refractivity contribution in [3.05, 3.63) is 70.8 Å². The van der Waals surface area contributed by atoms with Gasteiger partial charge >= 0.3 is 5.97 Å². The summed E-state index contributed by atoms with van der Waals surface area (Å²) in [5.74, 6) is -1.35. The molecule has 24 heavy (non-hydrogen) atoms. The first kappa shape index (κ1) is 15.7. The van der Waals surface area contributed by atoms with Crippen molar-refractivity contribution in [2.24, 2.45) is 0 Å². The molecule has 2 aromatic heterocycles. The van der Waals surface area contributed by atoms with Crippen LogP contribution in [0, 0.1) is 12.7 Å². The van der Waals surface area contributed by atoms with Gasteiger partial charge in [0.1, 0.15) is 5.82 Å². The normalized spacial score (nSPS) is 10.8. The van der Waals surface area contributed by atoms with Crippen molar-refractivity contribution in [1.29, 1.82) is 0 Å². The minimum atomic E-state index is -1.09. The van der Waals surface area contributed by atoms with Gasteiger partial charge in [0.2, 0.25) is 5.88 Å². The highest BCUT2D eigenvalue weighted by Gasteiger charge is 2.13. The quantitative estimate of drug-likeness (QED) is 0.769. The maximum atomic E-state index is 13.2. The lowest BCUT2D eigenvalue weighted by Gasteiger charge is -2.04. The fourth-order valence-electron chi connectivity index (χ4n) is 2.39. The molecule has 0 fully saturated rings. The topological polar surface area (TPSA) is 88.2 Å². The van der Waals surface area contributed by atoms with Gasteiger partial charge in [-0.15, -0.1) is 0 Å². The van der Waals surface area contributed by atoms with Crippen LogP contribution in [0.1, 0.15) is 27.2 Å². The zero-order chi connectivity index (χ0) is 17.3. The minimum Gasteiger partial charge on any atom is -0.493 e. The molecule has 0 radical (unpaired) electrons. The van der Waals surface area contributed by atoms with Gasteiger partial charge in [-0.3, -0.25) is 0 Å². The summed E-state index contributed by atoms with van der Waals surface area (Å²) in [6, 6.07) is 8.63. The summed E-state index contributed by atoms with van der Waals surface area (Å²) in [5, 5.41) is 23.3. The van der Waals surface area contributed by atoms with Crippen molar-refractivity contribution in [3.63, 3.8) is 0 Å². The van der Waals surface area contributed by atoms with Gasteiger partial charge in [-0.05, 0) is 42.3 Å². The number of rotatable bonds is 4. The molecule has 0 aliphatic carbocycles. The molecule has 7 heteroatoms. The molecule has 0 bridgehead atoms. The number of carboxylic acids is 1. The number of pyridine rings is 1. The van der Waals surface area contributed by atoms with Crippen molar-refractivity contribution >= 4 is 5.97 Å². The molecule has 2 N–H and O–H groups in total. The molecule has 0 spiro atoms. The van der Waals surface area contributed by atoms with E-state index in [1.165, 1.54) is 41.2 Å². The van der Waals surface area contributed by atoms with Crippen molar-refractivity contribution in [3.8, 4) is 11.7 Å². The highest BCUT2D eigenvalue weighted by molar-refractivity contribution is 5.87. The Labute approximate surface area is 136 Å². The fourth-order valence-corrected chi connectivity index (χ4v) is 2.39. The van der Waals surface area contributed by atoms with E-state index in [2.05, 4.69) is 10.1 Å². The standard InChI is InChI=1S/C17H14FN3O3/c1-10-6-13(18)3-2-11(10)7-14-9-16(22)21(20-14)15-8-12(17(23)24)4-5-19-15/h2-6,8-9,22H,7H2,1H3,(H,23,24). The number of aromatic hydroxyl groups is 1. The third-order valence-corrected chi connectivity index (χ3v) is 3.63. The number of hydrogen-bond acceptors (Lipinski definition) is 4. The van der Waals surface area contributed by atoms with E-state index in [1.54, 1.807) is 13.0 Å². The van der Waals surface area contributed by atoms with Crippen molar-refractivity contribution < 1.29 is 19.4 Å². The van der Waals surface area contributed by atoms with Gasteiger partial charge in [-0.2, -0.15) is 9.78 Å². The Morgan fingerprint density at radius 3 is 2.75 bits per heavy atom. The van der Waals surface area contributed by atoms with E-state index in [0.29, 0.717) is 12.1 Å². The molecule has 3 aromatic rings. The van der Waals surface area contributed by atoms with E-state index in [9.17, 15) is 14.3 Å². The smallest absolute Gasteiger partial charge is 0.335 e. The molecule has 6 nitrogen and oxygen atoms in total. The zero-order valence-electron chi connectivity index (χ0n) is 12.8. The molecule has 3 rings (SSSR count). The number of hydrogen-bond donors (Lipinski definition) is 2. The van der Waals surface area contributed by atoms with Gasteiger partial charge in [0.05, 0.1) is 11.3 Å². The minimum absolute atomic E-state index is 0.0471. The van der Waals surface area contributed by atoms with Crippen molar-refractivity contribution in [2.75, 3.05) is 0 Å². The number of benzene rings is 1. The summed E-state index contributed by atoms with van der Waals surface area (Å²) < 4.78 is 14.3. The Kier molecular flexibility index (Phi) is 3.99. The van der Waals surface area contributed by atoms with Crippen LogP contribution in [0.5, 0.6) is 5.88 Å². The lowest BCUT2D eigenvalue weighted by atomic mass is 10.0. The van der Waals surface area contributed by atoms with E-state index < -0.39 is 5.97 Å². The third-order valence-electron chi connectivity index (χ3n) is 3.63. The van der Waals surface area contributed by atoms with Crippen LogP contribution < -0.4 is 0 Å². The van der Waals surface area contributed by atoms with Crippen LogP contribution in [0.4, 0.5) is 4.39 Å². The number of carbonyl (C=O) groups is 1. The van der Waals surface area contributed by atoms with Gasteiger partial charge in [0, 0.05) is 18.7 Å². The molecule has 1 aromatic carbocycles. The first-order valence-electron chi connectivity index (χ1n) is 7.16. The Hall–Kier alpha value is -3.22. The third kappa shape index (κ3) is 3.10. The maximum Gasteiger partial charge on any atom is 0.335 e. The second-order valence-corrected chi connectivity index (χ2v) is 5.36. The van der Waals surface area contributed by atoms with Crippen LogP contribution >= 0.6 is 0 Å². The van der Waals surface area contributed by atoms with Gasteiger partial charge in [0.15, 0.2) is 5.82 Å². The summed E-state index contributed by atoms with van der Waals surface area (Å²) in [5.41, 5.74) is 2.28. The van der Waals surface area contributed by atoms with E-state index in [0.717, 1.165) is 11.1 Å². The average molecular weight is 327 g/mol. The largest absolute Gasteiger partial charge is 0.493 e. The van der Waals surface area contributed by atoms with Crippen LogP contribution in [0.25, 0.3) is 5.82 Å². The van der Waals surface area contributed by atoms with E-state index in [4.69, 9.17) is 5.11 Å². The maximum absolute atomic E-state index is 13.2. The van der Waals surface area contributed by atoms with Crippen LogP contribution in [-0.4, -0.2) is 30.9 Å². The van der Waals surface area contributed by atoms with Gasteiger partial charge in [-0.25, -0.2) is 14.2 Å². The van der Waals surface area contributed by atoms with E-state index in [-0.39, 0.29) is 23.1 Å². The summed E-state index contributed by atoms with van der Waals surface area (Å²) in [6.45, 7) is 1.80. The molecule has 2 heterocycles. The van der Waals surface area contributed by atoms with Crippen LogP contribution in [0.3, 0.4) is 0 Å². The summed E-state index contributed by atoms with van der Waals surface area (Å²) >= 11 is 0. The number of carboxylic acid groups (broad SMARTS) is 1. The molecule has 0 atom stereocenters. The second-order valence-electron chi connectivity index (χ2n) is 5.36. The highest BCUT2D eigenvalue weighted by atomic mass is 19.1. The predicted molar refractivity (Wildman–Crippen MR) is 83.9 cm³/mol. The highest BCUT2D eigenvalue weighted by Crippen LogP contribution is 2.21. The van der Waals surface area contributed by atoms with Crippen LogP contribution in [0.15, 0.2) is 42.6 Å². The SMILES string of the molecule is Cc1cc(F)ccc1Cc1cc(O)n(-c2cc(C(=O)O)ccn2)n1. The van der Waals surface area contributed by atoms with Gasteiger partial charge in [0.25, 0.3) is 0 Å². The Bertz CT molecular complexity index is 921. The number of nitrogens with zero attached hydrogens (tertiary/aromatic N) is 3. The molecular formula is C17H14FN3O3. The predicted octanol–water partition coefficient (Wildman–Crippen LogP) is 2.71. The summed E-state index contributed by atoms with van der Waals surface area (Å²) in [6.07, 6.45) is 1.75. The van der Waals surface area contributed by atoms with E-state index in [1.807, 2.05) is 0 Å². The lowest BCUT2D eigenvalue weighted by molar-refractivity contribution is 0.0696. The van der Waals surface area contributed by atoms with Gasteiger partial charge < -0.3 is 10.2 Å². The molecule has 0 amide bonds. The molecule has 0 aliphatic heterocycles. The van der Waals surface area contributed by atoms with Gasteiger partial charge in [-0.1, -0.05) is 6.07 Å². The number of aromatic carboxylic acids is 1. The number of aromatic nitrogens is 3.